The number of imide groups is 1. The van der Waals surface area contributed by atoms with Crippen molar-refractivity contribution in [1.82, 2.24) is 4.90 Å². The molecule has 36 heavy (non-hydrogen) atoms. The van der Waals surface area contributed by atoms with Gasteiger partial charge < -0.3 is 4.90 Å². The van der Waals surface area contributed by atoms with Crippen molar-refractivity contribution in [2.24, 2.45) is 0 Å². The van der Waals surface area contributed by atoms with Gasteiger partial charge in [-0.3, -0.25) is 29.4 Å². The van der Waals surface area contributed by atoms with E-state index in [1.165, 1.54) is 30.3 Å². The van der Waals surface area contributed by atoms with Crippen LogP contribution >= 0.6 is 0 Å². The number of hydrogen-bond donors (Lipinski definition) is 0. The molecule has 0 unspecified atom stereocenters. The zero-order valence-electron chi connectivity index (χ0n) is 17.9. The highest BCUT2D eigenvalue weighted by Gasteiger charge is 2.58. The number of nitro groups is 1. The fourth-order valence-electron chi connectivity index (χ4n) is 4.53. The minimum Gasteiger partial charge on any atom is -0.300 e. The van der Waals surface area contributed by atoms with Gasteiger partial charge in [-0.15, -0.1) is 0 Å². The SMILES string of the molecule is O=C1c2cccc([N+](=O)[O-])c2C(=O)N1[C@H]1C(=O)N(c2cccc(C(F)(F)F)c2)[C@H]1c1ccc(F)cc1. The van der Waals surface area contributed by atoms with Crippen LogP contribution in [-0.4, -0.2) is 33.6 Å². The molecule has 2 aliphatic heterocycles. The van der Waals surface area contributed by atoms with Crippen molar-refractivity contribution >= 4 is 29.1 Å². The van der Waals surface area contributed by atoms with Crippen LogP contribution in [0.25, 0.3) is 0 Å². The van der Waals surface area contributed by atoms with Crippen LogP contribution in [0.3, 0.4) is 0 Å². The summed E-state index contributed by atoms with van der Waals surface area (Å²) in [7, 11) is 0. The number of fused-ring (bicyclic) bond motifs is 1. The Morgan fingerprint density at radius 1 is 0.833 bits per heavy atom. The first kappa shape index (κ1) is 23.1. The number of benzene rings is 3. The Morgan fingerprint density at radius 2 is 1.50 bits per heavy atom. The van der Waals surface area contributed by atoms with E-state index in [-0.39, 0.29) is 16.8 Å². The van der Waals surface area contributed by atoms with Gasteiger partial charge >= 0.3 is 6.18 Å². The highest BCUT2D eigenvalue weighted by Crippen LogP contribution is 2.46. The van der Waals surface area contributed by atoms with Gasteiger partial charge in [0.05, 0.1) is 22.1 Å². The first-order chi connectivity index (χ1) is 17.0. The molecule has 3 aromatic carbocycles. The van der Waals surface area contributed by atoms with E-state index in [1.54, 1.807) is 0 Å². The molecule has 0 saturated carbocycles. The quantitative estimate of drug-likeness (QED) is 0.173. The summed E-state index contributed by atoms with van der Waals surface area (Å²) < 4.78 is 53.5. The average molecular weight is 499 g/mol. The van der Waals surface area contributed by atoms with Gasteiger partial charge in [0, 0.05) is 11.8 Å². The van der Waals surface area contributed by atoms with Crippen LogP contribution in [0.1, 0.15) is 37.9 Å². The summed E-state index contributed by atoms with van der Waals surface area (Å²) in [4.78, 5) is 51.8. The second-order valence-corrected chi connectivity index (χ2v) is 8.13. The fourth-order valence-corrected chi connectivity index (χ4v) is 4.53. The first-order valence-corrected chi connectivity index (χ1v) is 10.4. The second-order valence-electron chi connectivity index (χ2n) is 8.13. The molecule has 2 atom stereocenters. The van der Waals surface area contributed by atoms with E-state index >= 15 is 0 Å². The Morgan fingerprint density at radius 3 is 2.14 bits per heavy atom. The Labute approximate surface area is 199 Å². The Hall–Kier alpha value is -4.61. The summed E-state index contributed by atoms with van der Waals surface area (Å²) in [5, 5.41) is 11.4. The number of carbonyl (C=O) groups excluding carboxylic acids is 3. The summed E-state index contributed by atoms with van der Waals surface area (Å²) in [6.07, 6.45) is -4.70. The highest BCUT2D eigenvalue weighted by atomic mass is 19.4. The van der Waals surface area contributed by atoms with Crippen molar-refractivity contribution in [1.29, 1.82) is 0 Å². The molecule has 3 amide bonds. The van der Waals surface area contributed by atoms with Gasteiger partial charge in [-0.2, -0.15) is 13.2 Å². The number of nitro benzene ring substituents is 1. The summed E-state index contributed by atoms with van der Waals surface area (Å²) in [5.74, 6) is -3.52. The maximum Gasteiger partial charge on any atom is 0.416 e. The normalized spacial score (nSPS) is 19.4. The third kappa shape index (κ3) is 3.41. The first-order valence-electron chi connectivity index (χ1n) is 10.4. The lowest BCUT2D eigenvalue weighted by atomic mass is 9.86. The molecule has 182 valence electrons. The van der Waals surface area contributed by atoms with Crippen LogP contribution in [0, 0.1) is 15.9 Å². The Kier molecular flexibility index (Phi) is 5.12. The third-order valence-electron chi connectivity index (χ3n) is 6.13. The molecular weight excluding hydrogens is 486 g/mol. The molecule has 0 aliphatic carbocycles. The lowest BCUT2D eigenvalue weighted by Crippen LogP contribution is -2.67. The Bertz CT molecular complexity index is 1450. The summed E-state index contributed by atoms with van der Waals surface area (Å²) in [5.41, 5.74) is -2.29. The molecule has 1 fully saturated rings. The van der Waals surface area contributed by atoms with E-state index in [9.17, 15) is 42.1 Å². The molecule has 2 aliphatic rings. The van der Waals surface area contributed by atoms with Gasteiger partial charge in [-0.1, -0.05) is 24.3 Å². The van der Waals surface area contributed by atoms with Gasteiger partial charge in [-0.05, 0) is 42.0 Å². The number of anilines is 1. The van der Waals surface area contributed by atoms with Crippen LogP contribution in [0.15, 0.2) is 66.7 Å². The maximum absolute atomic E-state index is 13.6. The number of rotatable bonds is 4. The molecule has 0 bridgehead atoms. The van der Waals surface area contributed by atoms with Crippen molar-refractivity contribution in [3.63, 3.8) is 0 Å². The predicted octanol–water partition coefficient (Wildman–Crippen LogP) is 4.51. The lowest BCUT2D eigenvalue weighted by Gasteiger charge is -2.49. The largest absolute Gasteiger partial charge is 0.416 e. The molecule has 12 heteroatoms. The number of nitrogens with zero attached hydrogens (tertiary/aromatic N) is 3. The highest BCUT2D eigenvalue weighted by molar-refractivity contribution is 6.26. The topological polar surface area (TPSA) is 101 Å². The van der Waals surface area contributed by atoms with Crippen LogP contribution < -0.4 is 4.90 Å². The summed E-state index contributed by atoms with van der Waals surface area (Å²) in [6, 6.07) is 9.41. The molecule has 0 spiro atoms. The van der Waals surface area contributed by atoms with Gasteiger partial charge in [0.25, 0.3) is 23.4 Å². The van der Waals surface area contributed by atoms with Gasteiger partial charge in [0.1, 0.15) is 17.4 Å². The molecule has 0 aromatic heterocycles. The summed E-state index contributed by atoms with van der Waals surface area (Å²) in [6.45, 7) is 0. The molecule has 2 heterocycles. The van der Waals surface area contributed by atoms with Gasteiger partial charge in [0.15, 0.2) is 0 Å². The lowest BCUT2D eigenvalue weighted by molar-refractivity contribution is -0.385. The van der Waals surface area contributed by atoms with Crippen molar-refractivity contribution in [2.75, 3.05) is 4.90 Å². The number of halogens is 4. The summed E-state index contributed by atoms with van der Waals surface area (Å²) >= 11 is 0. The number of hydrogen-bond acceptors (Lipinski definition) is 5. The number of amides is 3. The maximum atomic E-state index is 13.6. The number of carbonyl (C=O) groups is 3. The van der Waals surface area contributed by atoms with E-state index in [2.05, 4.69) is 0 Å². The molecule has 3 aromatic rings. The zero-order chi connectivity index (χ0) is 25.9. The van der Waals surface area contributed by atoms with Crippen LogP contribution in [0.2, 0.25) is 0 Å². The van der Waals surface area contributed by atoms with Crippen LogP contribution in [0.4, 0.5) is 28.9 Å². The van der Waals surface area contributed by atoms with Crippen molar-refractivity contribution in [3.8, 4) is 0 Å². The van der Waals surface area contributed by atoms with Crippen LogP contribution in [0.5, 0.6) is 0 Å². The molecular formula is C24H13F4N3O5. The van der Waals surface area contributed by atoms with Gasteiger partial charge in [-0.25, -0.2) is 4.39 Å². The van der Waals surface area contributed by atoms with E-state index in [4.69, 9.17) is 0 Å². The monoisotopic (exact) mass is 499 g/mol. The number of β-lactam (4-membered cyclic amide) rings is 1. The smallest absolute Gasteiger partial charge is 0.300 e. The molecule has 5 rings (SSSR count). The van der Waals surface area contributed by atoms with E-state index < -0.39 is 63.5 Å². The van der Waals surface area contributed by atoms with E-state index in [0.29, 0.717) is 4.90 Å². The Balaban J connectivity index is 1.61. The zero-order valence-corrected chi connectivity index (χ0v) is 17.9. The second kappa shape index (κ2) is 7.97. The standard InChI is InChI=1S/C24H13F4N3O5/c25-14-9-7-12(8-10-14)19-20(23(34)29(19)15-4-1-3-13(11-15)24(26,27)28)30-21(32)16-5-2-6-17(31(35)36)18(16)22(30)33/h1-11,19-20H/t19-,20+/m0/s1. The van der Waals surface area contributed by atoms with E-state index in [0.717, 1.165) is 41.3 Å². The van der Waals surface area contributed by atoms with Gasteiger partial charge in [0.2, 0.25) is 0 Å². The molecule has 0 radical (unpaired) electrons. The van der Waals surface area contributed by atoms with Crippen LogP contribution in [-0.2, 0) is 11.0 Å². The van der Waals surface area contributed by atoms with Crippen molar-refractivity contribution < 1.29 is 36.9 Å². The fraction of sp³-hybridized carbons (Fsp3) is 0.125. The van der Waals surface area contributed by atoms with Crippen molar-refractivity contribution in [2.45, 2.75) is 18.3 Å². The average Bonchev–Trinajstić information content (AvgIpc) is 3.08. The molecule has 0 N–H and O–H groups in total. The van der Waals surface area contributed by atoms with Crippen molar-refractivity contribution in [3.05, 3.63) is 105 Å². The number of alkyl halides is 3. The molecule has 1 saturated heterocycles. The third-order valence-corrected chi connectivity index (χ3v) is 6.13. The molecule has 8 nitrogen and oxygen atoms in total. The van der Waals surface area contributed by atoms with E-state index in [1.807, 2.05) is 0 Å². The minimum atomic E-state index is -4.70. The minimum absolute atomic E-state index is 0.150. The predicted molar refractivity (Wildman–Crippen MR) is 115 cm³/mol.